The number of carbonyl (C=O) groups is 1. The predicted octanol–water partition coefficient (Wildman–Crippen LogP) is 4.96. The Kier molecular flexibility index (Phi) is 6.25. The van der Waals surface area contributed by atoms with Crippen molar-refractivity contribution in [3.8, 4) is 0 Å². The number of H-pyrrole nitrogens is 1. The topological polar surface area (TPSA) is 70.7 Å². The maximum Gasteiger partial charge on any atom is 0.237 e. The van der Waals surface area contributed by atoms with E-state index in [4.69, 9.17) is 23.2 Å². The quantitative estimate of drug-likeness (QED) is 0.674. The van der Waals surface area contributed by atoms with Crippen molar-refractivity contribution in [2.24, 2.45) is 5.92 Å². The van der Waals surface area contributed by atoms with Crippen molar-refractivity contribution in [3.05, 3.63) is 34.1 Å². The Morgan fingerprint density at radius 3 is 2.88 bits per heavy atom. The molecule has 2 aromatic rings. The second kappa shape index (κ2) is 8.43. The molecule has 1 aromatic heterocycles. The zero-order chi connectivity index (χ0) is 17.8. The number of anilines is 1. The van der Waals surface area contributed by atoms with Crippen LogP contribution < -0.4 is 5.32 Å². The molecule has 0 aliphatic heterocycles. The molecule has 0 spiro atoms. The lowest BCUT2D eigenvalue weighted by Gasteiger charge is -2.11. The molecule has 1 saturated carbocycles. The van der Waals surface area contributed by atoms with E-state index in [1.807, 2.05) is 6.92 Å². The monoisotopic (exact) mass is 398 g/mol. The van der Waals surface area contributed by atoms with Crippen LogP contribution in [0.5, 0.6) is 0 Å². The van der Waals surface area contributed by atoms with Crippen LogP contribution in [0.25, 0.3) is 0 Å². The van der Waals surface area contributed by atoms with Crippen LogP contribution in [0.3, 0.4) is 0 Å². The van der Waals surface area contributed by atoms with Crippen LogP contribution in [0.1, 0.15) is 38.4 Å². The molecule has 3 rings (SSSR count). The van der Waals surface area contributed by atoms with E-state index < -0.39 is 0 Å². The first kappa shape index (κ1) is 18.5. The van der Waals surface area contributed by atoms with Crippen molar-refractivity contribution in [3.63, 3.8) is 0 Å². The summed E-state index contributed by atoms with van der Waals surface area (Å²) in [7, 11) is 0. The summed E-state index contributed by atoms with van der Waals surface area (Å²) in [4.78, 5) is 16.9. The summed E-state index contributed by atoms with van der Waals surface area (Å²) < 4.78 is 0. The molecule has 1 atom stereocenters. The van der Waals surface area contributed by atoms with Crippen molar-refractivity contribution < 1.29 is 4.79 Å². The van der Waals surface area contributed by atoms with E-state index >= 15 is 0 Å². The smallest absolute Gasteiger partial charge is 0.237 e. The fraction of sp³-hybridized carbons (Fsp3) is 0.471. The summed E-state index contributed by atoms with van der Waals surface area (Å²) in [6.45, 7) is 1.82. The minimum atomic E-state index is -0.345. The number of hydrogen-bond acceptors (Lipinski definition) is 4. The maximum absolute atomic E-state index is 12.4. The minimum absolute atomic E-state index is 0.156. The normalized spacial score (nSPS) is 16.1. The van der Waals surface area contributed by atoms with E-state index in [1.54, 1.807) is 18.2 Å². The van der Waals surface area contributed by atoms with E-state index in [0.29, 0.717) is 26.8 Å². The second-order valence-corrected chi connectivity index (χ2v) is 8.44. The van der Waals surface area contributed by atoms with Gasteiger partial charge in [-0.1, -0.05) is 60.6 Å². The van der Waals surface area contributed by atoms with Gasteiger partial charge in [0.25, 0.3) is 0 Å². The third kappa shape index (κ3) is 5.12. The first-order valence-electron chi connectivity index (χ1n) is 8.35. The highest BCUT2D eigenvalue weighted by molar-refractivity contribution is 8.00. The van der Waals surface area contributed by atoms with Gasteiger partial charge in [0.05, 0.1) is 16.0 Å². The Hall–Kier alpha value is -1.24. The fourth-order valence-corrected chi connectivity index (χ4v) is 4.15. The summed E-state index contributed by atoms with van der Waals surface area (Å²) in [5.74, 6) is 1.46. The number of aromatic amines is 1. The van der Waals surface area contributed by atoms with Crippen LogP contribution in [-0.4, -0.2) is 26.3 Å². The van der Waals surface area contributed by atoms with Crippen molar-refractivity contribution in [2.75, 3.05) is 5.32 Å². The Morgan fingerprint density at radius 1 is 1.40 bits per heavy atom. The molecule has 25 heavy (non-hydrogen) atoms. The number of thioether (sulfide) groups is 1. The number of nitrogens with zero attached hydrogens (tertiary/aromatic N) is 2. The summed E-state index contributed by atoms with van der Waals surface area (Å²) in [6, 6.07) is 4.97. The predicted molar refractivity (Wildman–Crippen MR) is 102 cm³/mol. The largest absolute Gasteiger partial charge is 0.324 e. The highest BCUT2D eigenvalue weighted by Crippen LogP contribution is 2.29. The van der Waals surface area contributed by atoms with Crippen LogP contribution in [0, 0.1) is 5.92 Å². The fourth-order valence-electron chi connectivity index (χ4n) is 2.95. The van der Waals surface area contributed by atoms with E-state index in [-0.39, 0.29) is 11.2 Å². The van der Waals surface area contributed by atoms with E-state index in [1.165, 1.54) is 37.4 Å². The number of benzene rings is 1. The number of hydrogen-bond donors (Lipinski definition) is 2. The maximum atomic E-state index is 12.4. The first-order chi connectivity index (χ1) is 12.0. The molecule has 1 aliphatic carbocycles. The summed E-state index contributed by atoms with van der Waals surface area (Å²) >= 11 is 13.3. The Labute approximate surface area is 161 Å². The molecule has 1 fully saturated rings. The third-order valence-corrected chi connectivity index (χ3v) is 5.82. The molecule has 0 radical (unpaired) electrons. The number of amides is 1. The van der Waals surface area contributed by atoms with Gasteiger partial charge in [-0.05, 0) is 31.0 Å². The number of aromatic nitrogens is 3. The lowest BCUT2D eigenvalue weighted by molar-refractivity contribution is -0.115. The van der Waals surface area contributed by atoms with Gasteiger partial charge < -0.3 is 5.32 Å². The van der Waals surface area contributed by atoms with Gasteiger partial charge in [0.15, 0.2) is 0 Å². The molecule has 0 unspecified atom stereocenters. The molecule has 0 saturated heterocycles. The highest BCUT2D eigenvalue weighted by Gasteiger charge is 2.20. The van der Waals surface area contributed by atoms with Crippen LogP contribution in [0.4, 0.5) is 5.69 Å². The van der Waals surface area contributed by atoms with Gasteiger partial charge in [-0.15, -0.1) is 5.10 Å². The molecule has 1 aromatic carbocycles. The van der Waals surface area contributed by atoms with Gasteiger partial charge in [-0.2, -0.15) is 0 Å². The SMILES string of the molecule is C[C@H](Sc1n[nH]c(CC2CCCC2)n1)C(=O)Nc1ccc(Cl)cc1Cl. The van der Waals surface area contributed by atoms with Gasteiger partial charge in [0.1, 0.15) is 5.82 Å². The van der Waals surface area contributed by atoms with Crippen LogP contribution >= 0.6 is 35.0 Å². The lowest BCUT2D eigenvalue weighted by atomic mass is 10.0. The summed E-state index contributed by atoms with van der Waals surface area (Å²) in [5.41, 5.74) is 0.542. The zero-order valence-electron chi connectivity index (χ0n) is 13.9. The molecule has 8 heteroatoms. The number of carbonyl (C=O) groups excluding carboxylic acids is 1. The standard InChI is InChI=1S/C17H20Cl2N4OS/c1-10(16(24)20-14-7-6-12(18)9-13(14)19)25-17-21-15(22-23-17)8-11-4-2-3-5-11/h6-7,9-11H,2-5,8H2,1H3,(H,20,24)(H,21,22,23)/t10-/m0/s1. The van der Waals surface area contributed by atoms with Crippen molar-refractivity contribution in [2.45, 2.75) is 49.4 Å². The van der Waals surface area contributed by atoms with E-state index in [0.717, 1.165) is 12.2 Å². The minimum Gasteiger partial charge on any atom is -0.324 e. The number of rotatable bonds is 6. The highest BCUT2D eigenvalue weighted by atomic mass is 35.5. The van der Waals surface area contributed by atoms with E-state index in [9.17, 15) is 4.79 Å². The lowest BCUT2D eigenvalue weighted by Crippen LogP contribution is -2.22. The molecule has 1 heterocycles. The molecular formula is C17H20Cl2N4OS. The Morgan fingerprint density at radius 2 is 2.16 bits per heavy atom. The van der Waals surface area contributed by atoms with Gasteiger partial charge in [0, 0.05) is 11.4 Å². The summed E-state index contributed by atoms with van der Waals surface area (Å²) in [6.07, 6.45) is 6.10. The average Bonchev–Trinajstić information content (AvgIpc) is 3.22. The molecule has 2 N–H and O–H groups in total. The van der Waals surface area contributed by atoms with Crippen molar-refractivity contribution >= 4 is 46.6 Å². The van der Waals surface area contributed by atoms with Crippen molar-refractivity contribution in [1.82, 2.24) is 15.2 Å². The molecule has 134 valence electrons. The molecular weight excluding hydrogens is 379 g/mol. The van der Waals surface area contributed by atoms with Gasteiger partial charge in [0.2, 0.25) is 11.1 Å². The molecule has 0 bridgehead atoms. The van der Waals surface area contributed by atoms with Gasteiger partial charge in [-0.3, -0.25) is 9.89 Å². The zero-order valence-corrected chi connectivity index (χ0v) is 16.2. The van der Waals surface area contributed by atoms with Gasteiger partial charge in [-0.25, -0.2) is 4.98 Å². The number of halogens is 2. The van der Waals surface area contributed by atoms with Crippen LogP contribution in [0.15, 0.2) is 23.4 Å². The summed E-state index contributed by atoms with van der Waals surface area (Å²) in [5, 5.41) is 11.2. The molecule has 1 amide bonds. The molecule has 5 nitrogen and oxygen atoms in total. The van der Waals surface area contributed by atoms with Crippen molar-refractivity contribution in [1.29, 1.82) is 0 Å². The number of nitrogens with one attached hydrogen (secondary N) is 2. The first-order valence-corrected chi connectivity index (χ1v) is 9.98. The van der Waals surface area contributed by atoms with E-state index in [2.05, 4.69) is 20.5 Å². The average molecular weight is 399 g/mol. The van der Waals surface area contributed by atoms with Crippen LogP contribution in [0.2, 0.25) is 10.0 Å². The third-order valence-electron chi connectivity index (χ3n) is 4.31. The van der Waals surface area contributed by atoms with Gasteiger partial charge >= 0.3 is 0 Å². The van der Waals surface area contributed by atoms with Crippen LogP contribution in [-0.2, 0) is 11.2 Å². The Balaban J connectivity index is 1.55. The Bertz CT molecular complexity index is 746. The molecule has 1 aliphatic rings. The second-order valence-electron chi connectivity index (χ2n) is 6.29.